The summed E-state index contributed by atoms with van der Waals surface area (Å²) in [5, 5.41) is 3.60. The number of rotatable bonds is 5. The monoisotopic (exact) mass is 325 g/mol. The van der Waals surface area contributed by atoms with Crippen molar-refractivity contribution in [3.63, 3.8) is 0 Å². The summed E-state index contributed by atoms with van der Waals surface area (Å²) in [4.78, 5) is 0. The second kappa shape index (κ2) is 7.30. The first kappa shape index (κ1) is 14.9. The lowest BCUT2D eigenvalue weighted by atomic mass is 9.82. The van der Waals surface area contributed by atoms with Gasteiger partial charge in [0.25, 0.3) is 0 Å². The third kappa shape index (κ3) is 4.22. The van der Waals surface area contributed by atoms with Gasteiger partial charge in [-0.15, -0.1) is 0 Å². The van der Waals surface area contributed by atoms with Crippen LogP contribution in [0.5, 0.6) is 5.75 Å². The Bertz CT molecular complexity index is 406. The van der Waals surface area contributed by atoms with Crippen molar-refractivity contribution in [2.45, 2.75) is 45.1 Å². The van der Waals surface area contributed by atoms with Gasteiger partial charge in [0.15, 0.2) is 0 Å². The molecule has 1 N–H and O–H groups in total. The van der Waals surface area contributed by atoms with Crippen molar-refractivity contribution in [1.82, 2.24) is 5.32 Å². The fourth-order valence-corrected chi connectivity index (χ4v) is 3.58. The van der Waals surface area contributed by atoms with Crippen molar-refractivity contribution in [2.24, 2.45) is 5.92 Å². The van der Waals surface area contributed by atoms with Crippen LogP contribution in [-0.4, -0.2) is 19.7 Å². The first-order chi connectivity index (χ1) is 9.22. The molecule has 2 nitrogen and oxygen atoms in total. The minimum Gasteiger partial charge on any atom is -0.496 e. The van der Waals surface area contributed by atoms with Gasteiger partial charge in [0.2, 0.25) is 0 Å². The van der Waals surface area contributed by atoms with E-state index in [0.29, 0.717) is 6.04 Å². The molecule has 1 aliphatic rings. The molecule has 2 rings (SSSR count). The van der Waals surface area contributed by atoms with Crippen LogP contribution in [0.4, 0.5) is 0 Å². The van der Waals surface area contributed by atoms with Crippen LogP contribution < -0.4 is 10.1 Å². The van der Waals surface area contributed by atoms with E-state index in [9.17, 15) is 0 Å². The minimum absolute atomic E-state index is 0.710. The SMILES string of the molecule is CCNC1CCCC(Cc2cc(Br)ccc2OC)C1. The molecule has 2 unspecified atom stereocenters. The normalized spacial score (nSPS) is 23.3. The van der Waals surface area contributed by atoms with E-state index < -0.39 is 0 Å². The zero-order chi connectivity index (χ0) is 13.7. The number of hydrogen-bond donors (Lipinski definition) is 1. The van der Waals surface area contributed by atoms with Crippen molar-refractivity contribution in [2.75, 3.05) is 13.7 Å². The molecule has 2 atom stereocenters. The molecule has 1 aromatic rings. The van der Waals surface area contributed by atoms with E-state index >= 15 is 0 Å². The number of nitrogens with one attached hydrogen (secondary N) is 1. The first-order valence-electron chi connectivity index (χ1n) is 7.28. The lowest BCUT2D eigenvalue weighted by Crippen LogP contribution is -2.34. The van der Waals surface area contributed by atoms with Crippen LogP contribution in [0.25, 0.3) is 0 Å². The standard InChI is InChI=1S/C16H24BrNO/c1-3-18-15-6-4-5-12(10-15)9-13-11-14(17)7-8-16(13)19-2/h7-8,11-12,15,18H,3-6,9-10H2,1-2H3. The van der Waals surface area contributed by atoms with Gasteiger partial charge < -0.3 is 10.1 Å². The average molecular weight is 326 g/mol. The van der Waals surface area contributed by atoms with E-state index in [2.05, 4.69) is 40.3 Å². The number of hydrogen-bond acceptors (Lipinski definition) is 2. The Morgan fingerprint density at radius 3 is 2.95 bits per heavy atom. The Labute approximate surface area is 125 Å². The molecule has 1 fully saturated rings. The third-order valence-electron chi connectivity index (χ3n) is 4.03. The Hall–Kier alpha value is -0.540. The number of ether oxygens (including phenoxy) is 1. The van der Waals surface area contributed by atoms with Crippen LogP contribution in [0, 0.1) is 5.92 Å². The van der Waals surface area contributed by atoms with Gasteiger partial charge in [-0.25, -0.2) is 0 Å². The van der Waals surface area contributed by atoms with Gasteiger partial charge in [-0.1, -0.05) is 35.7 Å². The fourth-order valence-electron chi connectivity index (χ4n) is 3.17. The molecule has 0 bridgehead atoms. The second-order valence-corrected chi connectivity index (χ2v) is 6.36. The molecule has 1 aromatic carbocycles. The summed E-state index contributed by atoms with van der Waals surface area (Å²) >= 11 is 3.56. The highest BCUT2D eigenvalue weighted by Crippen LogP contribution is 2.31. The Kier molecular flexibility index (Phi) is 5.71. The Morgan fingerprint density at radius 1 is 1.37 bits per heavy atom. The second-order valence-electron chi connectivity index (χ2n) is 5.45. The summed E-state index contributed by atoms with van der Waals surface area (Å²) in [7, 11) is 1.76. The van der Waals surface area contributed by atoms with Gasteiger partial charge in [0.05, 0.1) is 7.11 Å². The number of methoxy groups -OCH3 is 1. The summed E-state index contributed by atoms with van der Waals surface area (Å²) in [5.74, 6) is 1.80. The predicted molar refractivity (Wildman–Crippen MR) is 83.8 cm³/mol. The highest BCUT2D eigenvalue weighted by molar-refractivity contribution is 9.10. The number of halogens is 1. The minimum atomic E-state index is 0.710. The van der Waals surface area contributed by atoms with E-state index in [1.807, 2.05) is 6.07 Å². The molecule has 0 aliphatic heterocycles. The van der Waals surface area contributed by atoms with Gasteiger partial charge in [-0.2, -0.15) is 0 Å². The molecule has 0 amide bonds. The molecule has 19 heavy (non-hydrogen) atoms. The molecule has 1 aliphatic carbocycles. The summed E-state index contributed by atoms with van der Waals surface area (Å²) in [6, 6.07) is 7.02. The zero-order valence-electron chi connectivity index (χ0n) is 11.9. The van der Waals surface area contributed by atoms with Crippen LogP contribution in [-0.2, 0) is 6.42 Å². The van der Waals surface area contributed by atoms with Crippen LogP contribution in [0.1, 0.15) is 38.2 Å². The van der Waals surface area contributed by atoms with Crippen molar-refractivity contribution >= 4 is 15.9 Å². The van der Waals surface area contributed by atoms with E-state index in [0.717, 1.165) is 29.1 Å². The van der Waals surface area contributed by atoms with Crippen molar-refractivity contribution in [3.8, 4) is 5.75 Å². The van der Waals surface area contributed by atoms with E-state index in [-0.39, 0.29) is 0 Å². The van der Waals surface area contributed by atoms with Gasteiger partial charge in [0.1, 0.15) is 5.75 Å². The number of benzene rings is 1. The van der Waals surface area contributed by atoms with E-state index in [4.69, 9.17) is 4.74 Å². The highest BCUT2D eigenvalue weighted by atomic mass is 79.9. The summed E-state index contributed by atoms with van der Waals surface area (Å²) in [6.45, 7) is 3.28. The molecule has 1 saturated carbocycles. The van der Waals surface area contributed by atoms with Crippen molar-refractivity contribution in [1.29, 1.82) is 0 Å². The molecule has 0 radical (unpaired) electrons. The maximum atomic E-state index is 5.48. The molecular formula is C16H24BrNO. The molecular weight excluding hydrogens is 302 g/mol. The Balaban J connectivity index is 2.01. The first-order valence-corrected chi connectivity index (χ1v) is 8.08. The Morgan fingerprint density at radius 2 is 2.21 bits per heavy atom. The maximum Gasteiger partial charge on any atom is 0.122 e. The molecule has 3 heteroatoms. The van der Waals surface area contributed by atoms with Crippen LogP contribution >= 0.6 is 15.9 Å². The van der Waals surface area contributed by atoms with E-state index in [1.165, 1.54) is 31.2 Å². The van der Waals surface area contributed by atoms with Crippen molar-refractivity contribution < 1.29 is 4.74 Å². The van der Waals surface area contributed by atoms with Gasteiger partial charge in [0, 0.05) is 10.5 Å². The topological polar surface area (TPSA) is 21.3 Å². The van der Waals surface area contributed by atoms with Crippen LogP contribution in [0.15, 0.2) is 22.7 Å². The van der Waals surface area contributed by atoms with Gasteiger partial charge in [-0.3, -0.25) is 0 Å². The lowest BCUT2D eigenvalue weighted by molar-refractivity contribution is 0.284. The fraction of sp³-hybridized carbons (Fsp3) is 0.625. The molecule has 0 spiro atoms. The maximum absolute atomic E-state index is 5.48. The third-order valence-corrected chi connectivity index (χ3v) is 4.52. The summed E-state index contributed by atoms with van der Waals surface area (Å²) in [5.41, 5.74) is 1.33. The van der Waals surface area contributed by atoms with Crippen LogP contribution in [0.3, 0.4) is 0 Å². The summed E-state index contributed by atoms with van der Waals surface area (Å²) in [6.07, 6.45) is 6.45. The van der Waals surface area contributed by atoms with Crippen LogP contribution in [0.2, 0.25) is 0 Å². The lowest BCUT2D eigenvalue weighted by Gasteiger charge is -2.30. The van der Waals surface area contributed by atoms with Gasteiger partial charge in [-0.05, 0) is 55.5 Å². The smallest absolute Gasteiger partial charge is 0.122 e. The molecule has 0 heterocycles. The average Bonchev–Trinajstić information content (AvgIpc) is 2.40. The molecule has 106 valence electrons. The molecule has 0 saturated heterocycles. The van der Waals surface area contributed by atoms with E-state index in [1.54, 1.807) is 7.11 Å². The quantitative estimate of drug-likeness (QED) is 0.877. The summed E-state index contributed by atoms with van der Waals surface area (Å²) < 4.78 is 6.62. The van der Waals surface area contributed by atoms with Crippen molar-refractivity contribution in [3.05, 3.63) is 28.2 Å². The highest BCUT2D eigenvalue weighted by Gasteiger charge is 2.22. The zero-order valence-corrected chi connectivity index (χ0v) is 13.5. The molecule has 0 aromatic heterocycles. The largest absolute Gasteiger partial charge is 0.496 e. The predicted octanol–water partition coefficient (Wildman–Crippen LogP) is 4.17. The van der Waals surface area contributed by atoms with Gasteiger partial charge >= 0.3 is 0 Å².